The third-order valence-electron chi connectivity index (χ3n) is 6.81. The van der Waals surface area contributed by atoms with Gasteiger partial charge in [0.15, 0.2) is 5.82 Å². The number of hydrogen-bond donors (Lipinski definition) is 0. The summed E-state index contributed by atoms with van der Waals surface area (Å²) in [4.78, 5) is 15.0. The smallest absolute Gasteiger partial charge is 0.151 e. The van der Waals surface area contributed by atoms with E-state index >= 15 is 4.39 Å². The Labute approximate surface area is 219 Å². The molecule has 5 rings (SSSR count). The number of halogens is 5. The van der Waals surface area contributed by atoms with Crippen molar-refractivity contribution in [1.29, 1.82) is 0 Å². The summed E-state index contributed by atoms with van der Waals surface area (Å²) >= 11 is 6.48. The Kier molecular flexibility index (Phi) is 6.61. The predicted octanol–water partition coefficient (Wildman–Crippen LogP) is 7.18. The molecule has 1 aliphatic carbocycles. The van der Waals surface area contributed by atoms with Crippen LogP contribution in [0.25, 0.3) is 0 Å². The minimum absolute atomic E-state index is 0.0333. The molecule has 3 heterocycles. The number of fused-ring (bicyclic) bond motifs is 1. The average Bonchev–Trinajstić information content (AvgIpc) is 3.53. The lowest BCUT2D eigenvalue weighted by atomic mass is 9.83. The summed E-state index contributed by atoms with van der Waals surface area (Å²) in [5, 5.41) is 0. The van der Waals surface area contributed by atoms with E-state index in [1.807, 2.05) is 30.9 Å². The minimum Gasteiger partial charge on any atom is -0.285 e. The Morgan fingerprint density at radius 2 is 1.80 bits per heavy atom. The van der Waals surface area contributed by atoms with Gasteiger partial charge in [-0.25, -0.2) is 13.2 Å². The molecule has 0 amide bonds. The summed E-state index contributed by atoms with van der Waals surface area (Å²) in [6, 6.07) is 5.93. The van der Waals surface area contributed by atoms with Gasteiger partial charge in [-0.3, -0.25) is 19.9 Å². The fraction of sp³-hybridized carbons (Fsp3) is 0.346. The molecule has 1 fully saturated rings. The van der Waals surface area contributed by atoms with Crippen LogP contribution in [0.5, 0.6) is 0 Å². The highest BCUT2D eigenvalue weighted by atomic mass is 79.9. The maximum absolute atomic E-state index is 15.2. The highest BCUT2D eigenvalue weighted by Crippen LogP contribution is 2.47. The highest BCUT2D eigenvalue weighted by Gasteiger charge is 2.48. The maximum Gasteiger partial charge on any atom is 0.151 e. The molecule has 2 aromatic heterocycles. The van der Waals surface area contributed by atoms with Gasteiger partial charge in [0.1, 0.15) is 17.2 Å². The van der Waals surface area contributed by atoms with E-state index in [2.05, 4.69) is 46.8 Å². The Bertz CT molecular complexity index is 1330. The number of nitrogens with zero attached hydrogens (tertiary/aromatic N) is 4. The van der Waals surface area contributed by atoms with Gasteiger partial charge < -0.3 is 0 Å². The lowest BCUT2D eigenvalue weighted by Gasteiger charge is -2.43. The first kappa shape index (κ1) is 24.6. The first-order valence-corrected chi connectivity index (χ1v) is 13.0. The molecule has 0 radical (unpaired) electrons. The molecule has 0 bridgehead atoms. The first-order valence-electron chi connectivity index (χ1n) is 11.4. The van der Waals surface area contributed by atoms with E-state index in [0.29, 0.717) is 33.9 Å². The van der Waals surface area contributed by atoms with E-state index in [1.165, 1.54) is 24.5 Å². The normalized spacial score (nSPS) is 21.3. The molecule has 2 atom stereocenters. The summed E-state index contributed by atoms with van der Waals surface area (Å²) in [6.45, 7) is 4.23. The van der Waals surface area contributed by atoms with Crippen molar-refractivity contribution in [3.63, 3.8) is 0 Å². The minimum atomic E-state index is -1.23. The molecular formula is C26H23Br2F3N4. The van der Waals surface area contributed by atoms with Crippen molar-refractivity contribution >= 4 is 43.8 Å². The largest absolute Gasteiger partial charge is 0.285 e. The second kappa shape index (κ2) is 9.41. The molecule has 1 aliphatic heterocycles. The molecule has 35 heavy (non-hydrogen) atoms. The van der Waals surface area contributed by atoms with Gasteiger partial charge in [0.2, 0.25) is 0 Å². The van der Waals surface area contributed by atoms with Gasteiger partial charge in [0.05, 0.1) is 23.6 Å². The van der Waals surface area contributed by atoms with Crippen molar-refractivity contribution in [3.8, 4) is 0 Å². The molecule has 0 unspecified atom stereocenters. The molecule has 0 spiro atoms. The summed E-state index contributed by atoms with van der Waals surface area (Å²) in [5.74, 6) is -0.908. The van der Waals surface area contributed by atoms with Crippen LogP contribution < -0.4 is 0 Å². The highest BCUT2D eigenvalue weighted by molar-refractivity contribution is 9.10. The number of aromatic nitrogens is 2. The third kappa shape index (κ3) is 4.95. The van der Waals surface area contributed by atoms with E-state index in [1.54, 1.807) is 6.20 Å². The molecule has 0 N–H and O–H groups in total. The fourth-order valence-corrected chi connectivity index (χ4v) is 5.33. The Morgan fingerprint density at radius 3 is 2.46 bits per heavy atom. The molecule has 3 aromatic rings. The molecule has 182 valence electrons. The van der Waals surface area contributed by atoms with Crippen LogP contribution in [0.2, 0.25) is 0 Å². The van der Waals surface area contributed by atoms with Gasteiger partial charge in [-0.1, -0.05) is 6.07 Å². The van der Waals surface area contributed by atoms with Crippen molar-refractivity contribution in [2.45, 2.75) is 50.9 Å². The zero-order chi connectivity index (χ0) is 24.9. The Hall–Kier alpha value is -2.10. The maximum atomic E-state index is 15.2. The van der Waals surface area contributed by atoms with Crippen molar-refractivity contribution in [1.82, 2.24) is 14.9 Å². The summed E-state index contributed by atoms with van der Waals surface area (Å²) < 4.78 is 45.4. The average molecular weight is 608 g/mol. The van der Waals surface area contributed by atoms with E-state index in [4.69, 9.17) is 0 Å². The molecule has 1 aromatic carbocycles. The second-order valence-corrected chi connectivity index (χ2v) is 11.2. The molecule has 2 aliphatic rings. The molecule has 9 heteroatoms. The van der Waals surface area contributed by atoms with Gasteiger partial charge in [-0.05, 0) is 99.9 Å². The number of hydrogen-bond acceptors (Lipinski definition) is 4. The molecule has 1 saturated carbocycles. The zero-order valence-electron chi connectivity index (χ0n) is 19.2. The third-order valence-corrected chi connectivity index (χ3v) is 7.68. The quantitative estimate of drug-likeness (QED) is 0.289. The standard InChI is InChI=1S/C26H23Br2F3N4/c1-14-7-19-15(2)22(33-12-23-20(29)8-16(27)10-32-23)4-3-18(19)25(35(14)13-26(31)5-6-26)24-21(30)9-17(28)11-34-24/h3-4,8-12,14,25H,5-7,13H2,1-2H3/t14-,25+/m1/s1. The molecule has 4 nitrogen and oxygen atoms in total. The lowest BCUT2D eigenvalue weighted by Crippen LogP contribution is -2.46. The number of aliphatic imine (C=N–C) groups is 1. The van der Waals surface area contributed by atoms with Gasteiger partial charge in [0.25, 0.3) is 0 Å². The summed E-state index contributed by atoms with van der Waals surface area (Å²) in [6.07, 6.45) is 6.22. The van der Waals surface area contributed by atoms with Gasteiger partial charge in [0, 0.05) is 33.9 Å². The lowest BCUT2D eigenvalue weighted by molar-refractivity contribution is 0.0945. The predicted molar refractivity (Wildman–Crippen MR) is 137 cm³/mol. The van der Waals surface area contributed by atoms with E-state index in [-0.39, 0.29) is 24.0 Å². The van der Waals surface area contributed by atoms with Crippen molar-refractivity contribution < 1.29 is 13.2 Å². The first-order chi connectivity index (χ1) is 16.6. The van der Waals surface area contributed by atoms with Crippen LogP contribution in [0.3, 0.4) is 0 Å². The number of rotatable bonds is 5. The summed E-state index contributed by atoms with van der Waals surface area (Å²) in [5.41, 5.74) is 2.73. The van der Waals surface area contributed by atoms with Crippen molar-refractivity contribution in [2.75, 3.05) is 6.54 Å². The van der Waals surface area contributed by atoms with Crippen LogP contribution >= 0.6 is 31.9 Å². The Balaban J connectivity index is 1.57. The van der Waals surface area contributed by atoms with Gasteiger partial charge in [-0.15, -0.1) is 0 Å². The van der Waals surface area contributed by atoms with Crippen LogP contribution in [0.1, 0.15) is 53.9 Å². The Morgan fingerprint density at radius 1 is 1.11 bits per heavy atom. The molecular weight excluding hydrogens is 585 g/mol. The number of alkyl halides is 1. The zero-order valence-corrected chi connectivity index (χ0v) is 22.4. The van der Waals surface area contributed by atoms with Crippen LogP contribution in [-0.4, -0.2) is 39.3 Å². The monoisotopic (exact) mass is 606 g/mol. The van der Waals surface area contributed by atoms with E-state index in [0.717, 1.165) is 16.7 Å². The van der Waals surface area contributed by atoms with Crippen LogP contribution in [0.4, 0.5) is 18.9 Å². The van der Waals surface area contributed by atoms with E-state index < -0.39 is 23.3 Å². The van der Waals surface area contributed by atoms with Crippen molar-refractivity contribution in [2.24, 2.45) is 4.99 Å². The van der Waals surface area contributed by atoms with Gasteiger partial charge >= 0.3 is 0 Å². The van der Waals surface area contributed by atoms with Gasteiger partial charge in [-0.2, -0.15) is 0 Å². The molecule has 0 saturated heterocycles. The topological polar surface area (TPSA) is 41.4 Å². The summed E-state index contributed by atoms with van der Waals surface area (Å²) in [7, 11) is 0. The van der Waals surface area contributed by atoms with E-state index in [9.17, 15) is 8.78 Å². The van der Waals surface area contributed by atoms with Crippen LogP contribution in [-0.2, 0) is 6.42 Å². The fourth-order valence-electron chi connectivity index (χ4n) is 4.73. The second-order valence-electron chi connectivity index (χ2n) is 9.36. The van der Waals surface area contributed by atoms with Crippen LogP contribution in [0.15, 0.2) is 50.6 Å². The van der Waals surface area contributed by atoms with Crippen LogP contribution in [0, 0.1) is 18.6 Å². The number of benzene rings is 1. The van der Waals surface area contributed by atoms with Crippen molar-refractivity contribution in [3.05, 3.63) is 85.3 Å². The number of pyridine rings is 2. The SMILES string of the molecule is Cc1c(N=Cc2ncc(Br)cc2F)ccc2c1C[C@@H](C)N(CC1(F)CC1)[C@@H]2c1ncc(Br)cc1F.